The van der Waals surface area contributed by atoms with E-state index in [2.05, 4.69) is 42.1 Å². The first-order valence-electron chi connectivity index (χ1n) is 8.46. The maximum Gasteiger partial charge on any atom is 0.245 e. The fraction of sp³-hybridized carbons (Fsp3) is 0.588. The van der Waals surface area contributed by atoms with Crippen molar-refractivity contribution in [1.82, 2.24) is 14.9 Å². The van der Waals surface area contributed by atoms with Crippen molar-refractivity contribution in [1.29, 1.82) is 0 Å². The van der Waals surface area contributed by atoms with E-state index in [1.807, 2.05) is 4.90 Å². The van der Waals surface area contributed by atoms with Gasteiger partial charge in [0, 0.05) is 18.0 Å². The fourth-order valence-electron chi connectivity index (χ4n) is 2.84. The zero-order chi connectivity index (χ0) is 17.1. The predicted octanol–water partition coefficient (Wildman–Crippen LogP) is 2.55. The second kappa shape index (κ2) is 7.44. The number of nitrogens with zero attached hydrogens (tertiary/aromatic N) is 3. The van der Waals surface area contributed by atoms with E-state index in [0.717, 1.165) is 22.5 Å². The second-order valence-corrected chi connectivity index (χ2v) is 7.43. The van der Waals surface area contributed by atoms with Crippen LogP contribution in [0.1, 0.15) is 25.6 Å². The van der Waals surface area contributed by atoms with Crippen molar-refractivity contribution in [3.05, 3.63) is 17.3 Å². The normalized spacial score (nSPS) is 16.6. The highest BCUT2D eigenvalue weighted by atomic mass is 32.1. The first-order chi connectivity index (χ1) is 11.6. The number of ether oxygens (including phenoxy) is 1. The molecule has 1 unspecified atom stereocenters. The van der Waals surface area contributed by atoms with Gasteiger partial charge in [0.25, 0.3) is 0 Å². The Balaban J connectivity index is 1.85. The van der Waals surface area contributed by atoms with Crippen molar-refractivity contribution in [3.63, 3.8) is 0 Å². The van der Waals surface area contributed by atoms with Crippen LogP contribution < -0.4 is 5.32 Å². The lowest BCUT2D eigenvalue weighted by molar-refractivity contribution is -0.137. The quantitative estimate of drug-likeness (QED) is 0.899. The molecule has 3 rings (SSSR count). The van der Waals surface area contributed by atoms with E-state index in [9.17, 15) is 4.79 Å². The highest BCUT2D eigenvalue weighted by Gasteiger charge is 2.29. The average Bonchev–Trinajstić information content (AvgIpc) is 3.03. The van der Waals surface area contributed by atoms with Crippen LogP contribution in [0.2, 0.25) is 0 Å². The van der Waals surface area contributed by atoms with Crippen LogP contribution in [0.4, 0.5) is 5.82 Å². The van der Waals surface area contributed by atoms with Crippen LogP contribution in [-0.4, -0.2) is 53.1 Å². The molecule has 6 nitrogen and oxygen atoms in total. The van der Waals surface area contributed by atoms with Gasteiger partial charge in [-0.3, -0.25) is 4.79 Å². The summed E-state index contributed by atoms with van der Waals surface area (Å²) in [5, 5.41) is 4.38. The summed E-state index contributed by atoms with van der Waals surface area (Å²) in [6.07, 6.45) is 2.54. The number of carbonyl (C=O) groups is 1. The summed E-state index contributed by atoms with van der Waals surface area (Å²) in [5.74, 6) is 1.02. The first-order valence-corrected chi connectivity index (χ1v) is 9.28. The Morgan fingerprint density at radius 2 is 2.12 bits per heavy atom. The number of rotatable bonds is 5. The van der Waals surface area contributed by atoms with E-state index >= 15 is 0 Å². The number of thiophene rings is 1. The van der Waals surface area contributed by atoms with Crippen molar-refractivity contribution in [2.75, 3.05) is 31.6 Å². The molecule has 24 heavy (non-hydrogen) atoms. The summed E-state index contributed by atoms with van der Waals surface area (Å²) in [7, 11) is 0. The van der Waals surface area contributed by atoms with Crippen LogP contribution in [0, 0.1) is 5.92 Å². The highest BCUT2D eigenvalue weighted by molar-refractivity contribution is 7.18. The SMILES string of the molecule is CCc1cc2c(NC(C(=O)N3CCOCC3)C(C)C)ncnc2s1. The minimum Gasteiger partial charge on any atom is -0.378 e. The van der Waals surface area contributed by atoms with Crippen LogP contribution in [0.25, 0.3) is 10.2 Å². The number of hydrogen-bond acceptors (Lipinski definition) is 6. The molecule has 0 radical (unpaired) electrons. The van der Waals surface area contributed by atoms with Gasteiger partial charge in [-0.2, -0.15) is 0 Å². The Morgan fingerprint density at radius 3 is 2.79 bits per heavy atom. The van der Waals surface area contributed by atoms with Gasteiger partial charge in [-0.25, -0.2) is 9.97 Å². The van der Waals surface area contributed by atoms with E-state index in [1.165, 1.54) is 4.88 Å². The van der Waals surface area contributed by atoms with Gasteiger partial charge in [-0.15, -0.1) is 11.3 Å². The molecule has 1 saturated heterocycles. The average molecular weight is 348 g/mol. The summed E-state index contributed by atoms with van der Waals surface area (Å²) in [6, 6.07) is 1.82. The van der Waals surface area contributed by atoms with E-state index in [-0.39, 0.29) is 17.9 Å². The molecule has 1 aliphatic heterocycles. The van der Waals surface area contributed by atoms with Gasteiger partial charge in [0.2, 0.25) is 5.91 Å². The molecule has 1 atom stereocenters. The van der Waals surface area contributed by atoms with Crippen molar-refractivity contribution in [3.8, 4) is 0 Å². The van der Waals surface area contributed by atoms with Gasteiger partial charge < -0.3 is 15.0 Å². The molecule has 2 aromatic rings. The minimum absolute atomic E-state index is 0.117. The molecule has 7 heteroatoms. The minimum atomic E-state index is -0.300. The largest absolute Gasteiger partial charge is 0.378 e. The smallest absolute Gasteiger partial charge is 0.245 e. The Labute approximate surface area is 146 Å². The van der Waals surface area contributed by atoms with E-state index in [0.29, 0.717) is 26.3 Å². The van der Waals surface area contributed by atoms with E-state index in [4.69, 9.17) is 4.74 Å². The topological polar surface area (TPSA) is 67.4 Å². The molecule has 1 fully saturated rings. The molecule has 2 aromatic heterocycles. The Hall–Kier alpha value is -1.73. The molecule has 130 valence electrons. The number of hydrogen-bond donors (Lipinski definition) is 1. The van der Waals surface area contributed by atoms with Gasteiger partial charge in [-0.1, -0.05) is 20.8 Å². The first kappa shape index (κ1) is 17.1. The molecule has 3 heterocycles. The molecular weight excluding hydrogens is 324 g/mol. The summed E-state index contributed by atoms with van der Waals surface area (Å²) in [6.45, 7) is 8.77. The summed E-state index contributed by atoms with van der Waals surface area (Å²) in [4.78, 5) is 25.8. The number of anilines is 1. The van der Waals surface area contributed by atoms with Gasteiger partial charge in [0.1, 0.15) is 23.0 Å². The number of amides is 1. The molecule has 0 aromatic carbocycles. The maximum atomic E-state index is 12.9. The number of fused-ring (bicyclic) bond motifs is 1. The van der Waals surface area contributed by atoms with Gasteiger partial charge in [-0.05, 0) is 18.4 Å². The molecule has 0 bridgehead atoms. The Kier molecular flexibility index (Phi) is 5.30. The van der Waals surface area contributed by atoms with Crippen LogP contribution in [0.3, 0.4) is 0 Å². The monoisotopic (exact) mass is 348 g/mol. The number of aromatic nitrogens is 2. The number of morpholine rings is 1. The zero-order valence-corrected chi connectivity index (χ0v) is 15.2. The van der Waals surface area contributed by atoms with Gasteiger partial charge in [0.05, 0.1) is 18.6 Å². The lowest BCUT2D eigenvalue weighted by Gasteiger charge is -2.32. The Bertz CT molecular complexity index is 710. The van der Waals surface area contributed by atoms with Crippen molar-refractivity contribution in [2.24, 2.45) is 5.92 Å². The lowest BCUT2D eigenvalue weighted by Crippen LogP contribution is -2.49. The van der Waals surface area contributed by atoms with E-state index < -0.39 is 0 Å². The van der Waals surface area contributed by atoms with Crippen molar-refractivity contribution < 1.29 is 9.53 Å². The molecule has 0 saturated carbocycles. The molecule has 0 aliphatic carbocycles. The number of nitrogens with one attached hydrogen (secondary N) is 1. The summed E-state index contributed by atoms with van der Waals surface area (Å²) < 4.78 is 5.35. The van der Waals surface area contributed by atoms with Crippen molar-refractivity contribution >= 4 is 33.3 Å². The fourth-order valence-corrected chi connectivity index (χ4v) is 3.77. The summed E-state index contributed by atoms with van der Waals surface area (Å²) >= 11 is 1.68. The van der Waals surface area contributed by atoms with Gasteiger partial charge in [0.15, 0.2) is 0 Å². The predicted molar refractivity (Wildman–Crippen MR) is 96.4 cm³/mol. The highest BCUT2D eigenvalue weighted by Crippen LogP contribution is 2.29. The molecule has 1 N–H and O–H groups in total. The number of carbonyl (C=O) groups excluding carboxylic acids is 1. The van der Waals surface area contributed by atoms with Crippen LogP contribution in [-0.2, 0) is 16.0 Å². The lowest BCUT2D eigenvalue weighted by atomic mass is 10.0. The Morgan fingerprint density at radius 1 is 1.38 bits per heavy atom. The number of aryl methyl sites for hydroxylation is 1. The van der Waals surface area contributed by atoms with Crippen LogP contribution in [0.15, 0.2) is 12.4 Å². The molecule has 1 amide bonds. The third-order valence-corrected chi connectivity index (χ3v) is 5.46. The summed E-state index contributed by atoms with van der Waals surface area (Å²) in [5.41, 5.74) is 0. The van der Waals surface area contributed by atoms with Crippen molar-refractivity contribution in [2.45, 2.75) is 33.2 Å². The van der Waals surface area contributed by atoms with E-state index in [1.54, 1.807) is 17.7 Å². The second-order valence-electron chi connectivity index (χ2n) is 6.31. The third-order valence-electron chi connectivity index (χ3n) is 4.28. The molecule has 0 spiro atoms. The maximum absolute atomic E-state index is 12.9. The zero-order valence-electron chi connectivity index (χ0n) is 14.4. The van der Waals surface area contributed by atoms with Crippen LogP contribution in [0.5, 0.6) is 0 Å². The molecule has 1 aliphatic rings. The third kappa shape index (κ3) is 3.52. The van der Waals surface area contributed by atoms with Gasteiger partial charge >= 0.3 is 0 Å². The standard InChI is InChI=1S/C17H24N4O2S/c1-4-12-9-13-15(18-10-19-16(13)24-12)20-14(11(2)3)17(22)21-5-7-23-8-6-21/h9-11,14H,4-8H2,1-3H3,(H,18,19,20). The molecular formula is C17H24N4O2S. The van der Waals surface area contributed by atoms with Crippen LogP contribution >= 0.6 is 11.3 Å².